The molecule has 29 heavy (non-hydrogen) atoms. The molecule has 1 aliphatic heterocycles. The second kappa shape index (κ2) is 8.29. The maximum atomic E-state index is 12.2. The number of hydrogen-bond acceptors (Lipinski definition) is 4. The fourth-order valence-corrected chi connectivity index (χ4v) is 3.68. The van der Waals surface area contributed by atoms with E-state index in [1.807, 2.05) is 6.07 Å². The molecule has 4 rings (SSSR count). The minimum atomic E-state index is -0.422. The average Bonchev–Trinajstić information content (AvgIpc) is 3.32. The summed E-state index contributed by atoms with van der Waals surface area (Å²) in [6.45, 7) is 0. The van der Waals surface area contributed by atoms with Crippen molar-refractivity contribution in [1.82, 2.24) is 5.32 Å². The van der Waals surface area contributed by atoms with Crippen LogP contribution in [0.2, 0.25) is 10.0 Å². The molecule has 1 fully saturated rings. The summed E-state index contributed by atoms with van der Waals surface area (Å²) in [5, 5.41) is 3.70. The van der Waals surface area contributed by atoms with Gasteiger partial charge in [-0.1, -0.05) is 41.4 Å². The van der Waals surface area contributed by atoms with E-state index in [0.717, 1.165) is 17.3 Å². The number of carbonyl (C=O) groups is 2. The molecule has 0 unspecified atom stereocenters. The summed E-state index contributed by atoms with van der Waals surface area (Å²) in [6.07, 6.45) is 1.59. The van der Waals surface area contributed by atoms with E-state index >= 15 is 0 Å². The highest BCUT2D eigenvalue weighted by molar-refractivity contribution is 8.18. The van der Waals surface area contributed by atoms with Crippen molar-refractivity contribution in [1.29, 1.82) is 0 Å². The Hall–Kier alpha value is -2.80. The number of halogens is 2. The average molecular weight is 443 g/mol. The van der Waals surface area contributed by atoms with Crippen LogP contribution in [0.4, 0.5) is 0 Å². The van der Waals surface area contributed by atoms with Crippen LogP contribution in [0.15, 0.2) is 75.0 Å². The van der Waals surface area contributed by atoms with Crippen molar-refractivity contribution in [2.45, 2.75) is 0 Å². The Morgan fingerprint density at radius 1 is 1.03 bits per heavy atom. The Bertz CT molecular complexity index is 1170. The zero-order chi connectivity index (χ0) is 20.4. The molecule has 2 amide bonds. The number of furan rings is 1. The van der Waals surface area contributed by atoms with Crippen LogP contribution < -0.4 is 5.32 Å². The van der Waals surface area contributed by atoms with Gasteiger partial charge in [-0.05, 0) is 54.2 Å². The molecular weight excluding hydrogens is 431 g/mol. The van der Waals surface area contributed by atoms with Gasteiger partial charge in [-0.25, -0.2) is 0 Å². The Kier molecular flexibility index (Phi) is 5.58. The van der Waals surface area contributed by atoms with Crippen LogP contribution in [0.3, 0.4) is 0 Å². The lowest BCUT2D eigenvalue weighted by Gasteiger charge is -1.99. The molecule has 2 heterocycles. The van der Waals surface area contributed by atoms with Crippen LogP contribution in [0, 0.1) is 0 Å². The van der Waals surface area contributed by atoms with Crippen LogP contribution in [0.5, 0.6) is 0 Å². The van der Waals surface area contributed by atoms with Crippen molar-refractivity contribution < 1.29 is 14.0 Å². The molecule has 0 radical (unpaired) electrons. The Balaban J connectivity index is 1.52. The highest BCUT2D eigenvalue weighted by atomic mass is 35.5. The Morgan fingerprint density at radius 2 is 1.83 bits per heavy atom. The zero-order valence-corrected chi connectivity index (χ0v) is 17.0. The number of amides is 2. The van der Waals surface area contributed by atoms with Gasteiger partial charge in [0.25, 0.3) is 11.8 Å². The van der Waals surface area contributed by atoms with Gasteiger partial charge < -0.3 is 9.73 Å². The van der Waals surface area contributed by atoms with Gasteiger partial charge in [0.15, 0.2) is 5.17 Å². The van der Waals surface area contributed by atoms with Crippen LogP contribution in [0.25, 0.3) is 17.4 Å². The first kappa shape index (κ1) is 19.5. The molecule has 144 valence electrons. The molecule has 1 aromatic heterocycles. The van der Waals surface area contributed by atoms with Gasteiger partial charge in [-0.15, -0.1) is 0 Å². The molecule has 0 aliphatic carbocycles. The van der Waals surface area contributed by atoms with E-state index in [9.17, 15) is 9.59 Å². The molecule has 2 aromatic carbocycles. The topological polar surface area (TPSA) is 71.7 Å². The van der Waals surface area contributed by atoms with E-state index in [1.165, 1.54) is 0 Å². The molecule has 5 nitrogen and oxygen atoms in total. The predicted octanol–water partition coefficient (Wildman–Crippen LogP) is 5.65. The number of thioether (sulfide) groups is 1. The second-order valence-corrected chi connectivity index (χ2v) is 7.83. The number of carbonyl (C=O) groups excluding carboxylic acids is 2. The maximum Gasteiger partial charge on any atom is 0.279 e. The van der Waals surface area contributed by atoms with Crippen molar-refractivity contribution in [3.05, 3.63) is 86.9 Å². The van der Waals surface area contributed by atoms with Gasteiger partial charge in [0.2, 0.25) is 0 Å². The molecule has 0 atom stereocenters. The van der Waals surface area contributed by atoms with Gasteiger partial charge in [0.1, 0.15) is 11.5 Å². The minimum absolute atomic E-state index is 0.228. The van der Waals surface area contributed by atoms with E-state index in [2.05, 4.69) is 10.3 Å². The fraction of sp³-hybridized carbons (Fsp3) is 0. The molecule has 0 spiro atoms. The minimum Gasteiger partial charge on any atom is -0.457 e. The zero-order valence-electron chi connectivity index (χ0n) is 14.7. The summed E-state index contributed by atoms with van der Waals surface area (Å²) >= 11 is 13.1. The summed E-state index contributed by atoms with van der Waals surface area (Å²) in [7, 11) is 0. The van der Waals surface area contributed by atoms with Gasteiger partial charge in [-0.2, -0.15) is 4.99 Å². The summed E-state index contributed by atoms with van der Waals surface area (Å²) in [5.74, 6) is 0.308. The number of hydrogen-bond donors (Lipinski definition) is 1. The predicted molar refractivity (Wildman–Crippen MR) is 116 cm³/mol. The number of amidine groups is 1. The molecule has 3 aromatic rings. The largest absolute Gasteiger partial charge is 0.457 e. The first-order valence-electron chi connectivity index (χ1n) is 8.44. The standard InChI is InChI=1S/C21H12Cl2N2O3S/c22-15-8-6-13(10-16(15)23)17-9-7-14(28-17)11-18-20(27)25-21(29-18)24-19(26)12-4-2-1-3-5-12/h1-11H,(H,24,25,26,27)/b18-11-. The van der Waals surface area contributed by atoms with E-state index in [4.69, 9.17) is 27.6 Å². The van der Waals surface area contributed by atoms with Crippen molar-refractivity contribution in [2.75, 3.05) is 0 Å². The third kappa shape index (κ3) is 4.45. The monoisotopic (exact) mass is 442 g/mol. The lowest BCUT2D eigenvalue weighted by atomic mass is 10.2. The smallest absolute Gasteiger partial charge is 0.279 e. The molecule has 1 aliphatic rings. The van der Waals surface area contributed by atoms with E-state index in [0.29, 0.717) is 32.0 Å². The number of nitrogens with one attached hydrogen (secondary N) is 1. The van der Waals surface area contributed by atoms with Crippen LogP contribution in [-0.4, -0.2) is 17.0 Å². The molecule has 8 heteroatoms. The van der Waals surface area contributed by atoms with Crippen LogP contribution in [-0.2, 0) is 4.79 Å². The summed E-state index contributed by atoms with van der Waals surface area (Å²) in [5.41, 5.74) is 1.22. The third-order valence-electron chi connectivity index (χ3n) is 3.98. The van der Waals surface area contributed by atoms with Crippen molar-refractivity contribution >= 4 is 58.0 Å². The van der Waals surface area contributed by atoms with Crippen molar-refractivity contribution in [3.63, 3.8) is 0 Å². The lowest BCUT2D eigenvalue weighted by molar-refractivity contribution is -0.115. The third-order valence-corrected chi connectivity index (χ3v) is 5.63. The van der Waals surface area contributed by atoms with Gasteiger partial charge >= 0.3 is 0 Å². The molecular formula is C21H12Cl2N2O3S. The summed E-state index contributed by atoms with van der Waals surface area (Å²) < 4.78 is 5.78. The first-order chi connectivity index (χ1) is 14.0. The van der Waals surface area contributed by atoms with Gasteiger partial charge in [0, 0.05) is 17.2 Å². The molecule has 1 N–H and O–H groups in total. The van der Waals surface area contributed by atoms with E-state index in [1.54, 1.807) is 60.7 Å². The molecule has 1 saturated heterocycles. The number of nitrogens with zero attached hydrogens (tertiary/aromatic N) is 1. The SMILES string of the molecule is O=C1NC(=NC(=O)c2ccccc2)S/C1=C\c1ccc(-c2ccc(Cl)c(Cl)c2)o1. The van der Waals surface area contributed by atoms with Crippen LogP contribution >= 0.6 is 35.0 Å². The van der Waals surface area contributed by atoms with E-state index < -0.39 is 5.91 Å². The molecule has 0 saturated carbocycles. The van der Waals surface area contributed by atoms with Crippen molar-refractivity contribution in [2.24, 2.45) is 4.99 Å². The van der Waals surface area contributed by atoms with Crippen LogP contribution in [0.1, 0.15) is 16.1 Å². The number of rotatable bonds is 3. The number of benzene rings is 2. The highest BCUT2D eigenvalue weighted by Crippen LogP contribution is 2.31. The van der Waals surface area contributed by atoms with E-state index in [-0.39, 0.29) is 11.1 Å². The Morgan fingerprint density at radius 3 is 2.59 bits per heavy atom. The Labute approximate surface area is 180 Å². The first-order valence-corrected chi connectivity index (χ1v) is 10.0. The molecule has 0 bridgehead atoms. The van der Waals surface area contributed by atoms with Gasteiger partial charge in [0.05, 0.1) is 15.0 Å². The quantitative estimate of drug-likeness (QED) is 0.531. The lowest BCUT2D eigenvalue weighted by Crippen LogP contribution is -2.20. The summed E-state index contributed by atoms with van der Waals surface area (Å²) in [4.78, 5) is 28.7. The van der Waals surface area contributed by atoms with Gasteiger partial charge in [-0.3, -0.25) is 9.59 Å². The second-order valence-electron chi connectivity index (χ2n) is 5.98. The number of aliphatic imine (C=N–C) groups is 1. The highest BCUT2D eigenvalue weighted by Gasteiger charge is 2.25. The van der Waals surface area contributed by atoms with Crippen molar-refractivity contribution in [3.8, 4) is 11.3 Å². The summed E-state index contributed by atoms with van der Waals surface area (Å²) in [6, 6.07) is 17.3. The maximum absolute atomic E-state index is 12.2. The normalized spacial score (nSPS) is 16.4. The fourth-order valence-electron chi connectivity index (χ4n) is 2.58.